The molecule has 0 bridgehead atoms. The fourth-order valence-electron chi connectivity index (χ4n) is 1.67. The molecule has 0 radical (unpaired) electrons. The number of aliphatic carboxylic acids is 1. The first-order valence-corrected chi connectivity index (χ1v) is 5.46. The summed E-state index contributed by atoms with van der Waals surface area (Å²) in [5, 5.41) is 19.9. The molecule has 0 aliphatic rings. The van der Waals surface area contributed by atoms with Crippen LogP contribution in [0.5, 0.6) is 0 Å². The number of nitrogens with zero attached hydrogens (tertiary/aromatic N) is 2. The number of para-hydroxylation sites is 2. The van der Waals surface area contributed by atoms with Crippen molar-refractivity contribution in [2.24, 2.45) is 0 Å². The van der Waals surface area contributed by atoms with Crippen molar-refractivity contribution in [3.05, 3.63) is 34.4 Å². The topological polar surface area (TPSA) is 83.7 Å². The van der Waals surface area contributed by atoms with Gasteiger partial charge in [0.2, 0.25) is 0 Å². The zero-order chi connectivity index (χ0) is 13.9. The Labute approximate surface area is 105 Å². The van der Waals surface area contributed by atoms with Gasteiger partial charge in [-0.1, -0.05) is 12.1 Å². The third-order valence-electron chi connectivity index (χ3n) is 2.47. The van der Waals surface area contributed by atoms with E-state index >= 15 is 0 Å². The van der Waals surface area contributed by atoms with Crippen molar-refractivity contribution in [1.29, 1.82) is 0 Å². The highest BCUT2D eigenvalue weighted by Crippen LogP contribution is 2.32. The van der Waals surface area contributed by atoms with Gasteiger partial charge in [-0.25, -0.2) is 0 Å². The maximum atomic E-state index is 11.0. The smallest absolute Gasteiger partial charge is 0.323 e. The van der Waals surface area contributed by atoms with Crippen LogP contribution in [0.2, 0.25) is 0 Å². The van der Waals surface area contributed by atoms with E-state index in [-0.39, 0.29) is 12.2 Å². The Morgan fingerprint density at radius 2 is 1.94 bits per heavy atom. The van der Waals surface area contributed by atoms with Crippen LogP contribution in [0.1, 0.15) is 20.8 Å². The van der Waals surface area contributed by atoms with Gasteiger partial charge < -0.3 is 10.0 Å². The maximum Gasteiger partial charge on any atom is 0.323 e. The summed E-state index contributed by atoms with van der Waals surface area (Å²) >= 11 is 0. The van der Waals surface area contributed by atoms with Crippen LogP contribution in [0.4, 0.5) is 11.4 Å². The van der Waals surface area contributed by atoms with Gasteiger partial charge in [-0.2, -0.15) is 0 Å². The first-order chi connectivity index (χ1) is 8.23. The summed E-state index contributed by atoms with van der Waals surface area (Å²) in [6.07, 6.45) is 0. The Bertz CT molecular complexity index is 465. The summed E-state index contributed by atoms with van der Waals surface area (Å²) in [6.45, 7) is 5.15. The van der Waals surface area contributed by atoms with Crippen LogP contribution in [-0.2, 0) is 4.79 Å². The van der Waals surface area contributed by atoms with Gasteiger partial charge in [-0.15, -0.1) is 0 Å². The molecule has 18 heavy (non-hydrogen) atoms. The van der Waals surface area contributed by atoms with E-state index in [1.165, 1.54) is 11.0 Å². The van der Waals surface area contributed by atoms with Gasteiger partial charge in [0.25, 0.3) is 5.69 Å². The van der Waals surface area contributed by atoms with Crippen LogP contribution >= 0.6 is 0 Å². The average Bonchev–Trinajstić information content (AvgIpc) is 2.24. The summed E-state index contributed by atoms with van der Waals surface area (Å²) in [5.74, 6) is -1.02. The zero-order valence-corrected chi connectivity index (χ0v) is 10.6. The molecule has 0 saturated heterocycles. The van der Waals surface area contributed by atoms with Crippen molar-refractivity contribution in [2.45, 2.75) is 26.3 Å². The molecule has 1 rings (SSSR count). The van der Waals surface area contributed by atoms with E-state index in [9.17, 15) is 14.9 Å². The lowest BCUT2D eigenvalue weighted by atomic mass is 10.0. The zero-order valence-electron chi connectivity index (χ0n) is 10.6. The van der Waals surface area contributed by atoms with E-state index in [0.717, 1.165) is 0 Å². The molecule has 0 saturated carbocycles. The van der Waals surface area contributed by atoms with Crippen molar-refractivity contribution < 1.29 is 14.8 Å². The van der Waals surface area contributed by atoms with Gasteiger partial charge in [0.15, 0.2) is 0 Å². The van der Waals surface area contributed by atoms with Gasteiger partial charge >= 0.3 is 5.97 Å². The summed E-state index contributed by atoms with van der Waals surface area (Å²) in [5.41, 5.74) is -0.295. The molecule has 0 atom stereocenters. The summed E-state index contributed by atoms with van der Waals surface area (Å²) in [7, 11) is 0. The number of carboxylic acids is 1. The Kier molecular flexibility index (Phi) is 3.90. The highest BCUT2D eigenvalue weighted by molar-refractivity contribution is 5.77. The number of nitro groups is 1. The molecule has 1 N–H and O–H groups in total. The lowest BCUT2D eigenvalue weighted by molar-refractivity contribution is -0.384. The first-order valence-electron chi connectivity index (χ1n) is 5.46. The minimum absolute atomic E-state index is 0.0892. The van der Waals surface area contributed by atoms with E-state index < -0.39 is 16.4 Å². The molecule has 6 heteroatoms. The Balaban J connectivity index is 3.29. The third kappa shape index (κ3) is 3.19. The molecule has 98 valence electrons. The van der Waals surface area contributed by atoms with Crippen LogP contribution in [0.25, 0.3) is 0 Å². The van der Waals surface area contributed by atoms with Crippen molar-refractivity contribution in [1.82, 2.24) is 0 Å². The van der Waals surface area contributed by atoms with Crippen LogP contribution in [0.15, 0.2) is 24.3 Å². The standard InChI is InChI=1S/C12H16N2O4/c1-12(2,3)13(8-11(15)16)9-6-4-5-7-10(9)14(17)18/h4-7H,8H2,1-3H3,(H,15,16). The van der Waals surface area contributed by atoms with Crippen LogP contribution in [0.3, 0.4) is 0 Å². The number of nitro benzene ring substituents is 1. The van der Waals surface area contributed by atoms with E-state index in [4.69, 9.17) is 5.11 Å². The molecular weight excluding hydrogens is 236 g/mol. The first kappa shape index (κ1) is 14.0. The molecule has 0 amide bonds. The molecule has 0 unspecified atom stereocenters. The molecule has 6 nitrogen and oxygen atoms in total. The summed E-state index contributed by atoms with van der Waals surface area (Å²) in [6, 6.07) is 6.15. The predicted octanol–water partition coefficient (Wildman–Crippen LogP) is 2.28. The van der Waals surface area contributed by atoms with Crippen molar-refractivity contribution in [3.8, 4) is 0 Å². The molecule has 0 aliphatic heterocycles. The molecule has 0 aromatic heterocycles. The van der Waals surface area contributed by atoms with Crippen LogP contribution in [0, 0.1) is 10.1 Å². The Morgan fingerprint density at radius 1 is 1.39 bits per heavy atom. The largest absolute Gasteiger partial charge is 0.480 e. The van der Waals surface area contributed by atoms with E-state index in [2.05, 4.69) is 0 Å². The predicted molar refractivity (Wildman–Crippen MR) is 67.8 cm³/mol. The molecule has 1 aromatic rings. The quantitative estimate of drug-likeness (QED) is 0.656. The number of rotatable bonds is 4. The third-order valence-corrected chi connectivity index (χ3v) is 2.47. The van der Waals surface area contributed by atoms with Gasteiger partial charge in [-0.3, -0.25) is 14.9 Å². The Hall–Kier alpha value is -2.11. The van der Waals surface area contributed by atoms with Gasteiger partial charge in [-0.05, 0) is 26.8 Å². The van der Waals surface area contributed by atoms with Crippen LogP contribution < -0.4 is 4.90 Å². The van der Waals surface area contributed by atoms with Crippen molar-refractivity contribution in [3.63, 3.8) is 0 Å². The molecule has 0 heterocycles. The van der Waals surface area contributed by atoms with E-state index in [1.807, 2.05) is 20.8 Å². The van der Waals surface area contributed by atoms with Crippen molar-refractivity contribution in [2.75, 3.05) is 11.4 Å². The summed E-state index contributed by atoms with van der Waals surface area (Å²) < 4.78 is 0. The van der Waals surface area contributed by atoms with Gasteiger partial charge in [0, 0.05) is 11.6 Å². The average molecular weight is 252 g/mol. The second kappa shape index (κ2) is 5.03. The van der Waals surface area contributed by atoms with E-state index in [0.29, 0.717) is 5.69 Å². The SMILES string of the molecule is CC(C)(C)N(CC(=O)O)c1ccccc1[N+](=O)[O-]. The second-order valence-electron chi connectivity index (χ2n) is 4.90. The summed E-state index contributed by atoms with van der Waals surface area (Å²) in [4.78, 5) is 22.9. The lowest BCUT2D eigenvalue weighted by Crippen LogP contribution is -2.45. The molecule has 1 aromatic carbocycles. The van der Waals surface area contributed by atoms with Crippen molar-refractivity contribution >= 4 is 17.3 Å². The lowest BCUT2D eigenvalue weighted by Gasteiger charge is -2.35. The number of benzene rings is 1. The second-order valence-corrected chi connectivity index (χ2v) is 4.90. The fourth-order valence-corrected chi connectivity index (χ4v) is 1.67. The highest BCUT2D eigenvalue weighted by atomic mass is 16.6. The number of hydrogen-bond acceptors (Lipinski definition) is 4. The molecular formula is C12H16N2O4. The molecule has 0 fully saturated rings. The minimum Gasteiger partial charge on any atom is -0.480 e. The fraction of sp³-hybridized carbons (Fsp3) is 0.417. The number of carboxylic acid groups (broad SMARTS) is 1. The van der Waals surface area contributed by atoms with Crippen LogP contribution in [-0.4, -0.2) is 28.1 Å². The number of carbonyl (C=O) groups is 1. The Morgan fingerprint density at radius 3 is 2.39 bits per heavy atom. The monoisotopic (exact) mass is 252 g/mol. The molecule has 0 spiro atoms. The van der Waals surface area contributed by atoms with E-state index in [1.54, 1.807) is 18.2 Å². The highest BCUT2D eigenvalue weighted by Gasteiger charge is 2.29. The maximum absolute atomic E-state index is 11.0. The molecule has 0 aliphatic carbocycles. The normalized spacial score (nSPS) is 11.1. The van der Waals surface area contributed by atoms with Gasteiger partial charge in [0.1, 0.15) is 12.2 Å². The number of anilines is 1. The minimum atomic E-state index is -1.02. The van der Waals surface area contributed by atoms with Gasteiger partial charge in [0.05, 0.1) is 4.92 Å². The number of hydrogen-bond donors (Lipinski definition) is 1.